The molecule has 0 aliphatic carbocycles. The lowest BCUT2D eigenvalue weighted by atomic mass is 9.96. The Morgan fingerprint density at radius 1 is 0.914 bits per heavy atom. The molecule has 1 aliphatic heterocycles. The van der Waals surface area contributed by atoms with Crippen LogP contribution in [-0.2, 0) is 9.47 Å². The van der Waals surface area contributed by atoms with Crippen LogP contribution in [0.2, 0.25) is 5.15 Å². The summed E-state index contributed by atoms with van der Waals surface area (Å²) < 4.78 is 17.1. The van der Waals surface area contributed by atoms with E-state index >= 15 is 0 Å². The van der Waals surface area contributed by atoms with Gasteiger partial charge in [0.1, 0.15) is 22.5 Å². The summed E-state index contributed by atoms with van der Waals surface area (Å²) in [5.74, 6) is 1.19. The molecule has 176 valence electrons. The van der Waals surface area contributed by atoms with Crippen molar-refractivity contribution in [2.75, 3.05) is 18.9 Å². The number of rotatable bonds is 6. The normalized spacial score (nSPS) is 13.6. The van der Waals surface area contributed by atoms with E-state index in [4.69, 9.17) is 42.7 Å². The van der Waals surface area contributed by atoms with Crippen LogP contribution in [0.1, 0.15) is 17.4 Å². The van der Waals surface area contributed by atoms with E-state index in [1.54, 1.807) is 0 Å². The number of ether oxygens (including phenoxy) is 3. The fourth-order valence-corrected chi connectivity index (χ4v) is 4.32. The van der Waals surface area contributed by atoms with Crippen molar-refractivity contribution < 1.29 is 14.2 Å². The molecule has 5 rings (SSSR count). The lowest BCUT2D eigenvalue weighted by Crippen LogP contribution is -2.17. The molecule has 0 amide bonds. The number of para-hydroxylation sites is 1. The molecule has 1 aromatic heterocycles. The Bertz CT molecular complexity index is 1370. The van der Waals surface area contributed by atoms with Crippen LogP contribution in [0, 0.1) is 5.41 Å². The van der Waals surface area contributed by atoms with Crippen LogP contribution in [0.15, 0.2) is 78.9 Å². The zero-order valence-corrected chi connectivity index (χ0v) is 19.5. The number of nitrogens with one attached hydrogen (secondary N) is 1. The molecular weight excluding hydrogens is 464 g/mol. The minimum absolute atomic E-state index is 0.203. The average Bonchev–Trinajstić information content (AvgIpc) is 3.40. The minimum Gasteiger partial charge on any atom is -0.457 e. The number of hydrogen-bond donors (Lipinski definition) is 3. The van der Waals surface area contributed by atoms with Gasteiger partial charge in [-0.15, -0.1) is 0 Å². The molecule has 1 saturated heterocycles. The van der Waals surface area contributed by atoms with Gasteiger partial charge >= 0.3 is 0 Å². The zero-order valence-electron chi connectivity index (χ0n) is 18.7. The Balaban J connectivity index is 1.53. The first kappa shape index (κ1) is 22.9. The number of nitrogen functional groups attached to an aromatic ring is 2. The highest BCUT2D eigenvalue weighted by atomic mass is 35.5. The van der Waals surface area contributed by atoms with Gasteiger partial charge in [-0.25, -0.2) is 4.98 Å². The number of benzene rings is 3. The van der Waals surface area contributed by atoms with Gasteiger partial charge in [0.05, 0.1) is 30.2 Å². The molecule has 1 fully saturated rings. The molecule has 0 unspecified atom stereocenters. The number of pyridine rings is 1. The van der Waals surface area contributed by atoms with Gasteiger partial charge in [-0.3, -0.25) is 5.41 Å². The molecule has 0 atom stereocenters. The molecule has 4 aromatic rings. The number of nitrogens with two attached hydrogens (primary N) is 2. The van der Waals surface area contributed by atoms with Crippen LogP contribution in [0.4, 0.5) is 5.69 Å². The van der Waals surface area contributed by atoms with Gasteiger partial charge in [-0.05, 0) is 48.0 Å². The third-order valence-corrected chi connectivity index (χ3v) is 5.91. The van der Waals surface area contributed by atoms with Crippen molar-refractivity contribution >= 4 is 23.1 Å². The molecule has 3 aromatic carbocycles. The first-order chi connectivity index (χ1) is 17.0. The van der Waals surface area contributed by atoms with Crippen molar-refractivity contribution in [2.24, 2.45) is 5.73 Å². The summed E-state index contributed by atoms with van der Waals surface area (Å²) in [5.41, 5.74) is 16.3. The Morgan fingerprint density at radius 2 is 1.60 bits per heavy atom. The Kier molecular flexibility index (Phi) is 6.37. The highest BCUT2D eigenvalue weighted by Gasteiger charge is 2.23. The molecule has 0 saturated carbocycles. The van der Waals surface area contributed by atoms with E-state index in [-0.39, 0.29) is 16.7 Å². The van der Waals surface area contributed by atoms with Crippen molar-refractivity contribution in [3.8, 4) is 33.9 Å². The average molecular weight is 487 g/mol. The predicted molar refractivity (Wildman–Crippen MR) is 137 cm³/mol. The van der Waals surface area contributed by atoms with Crippen molar-refractivity contribution in [3.05, 3.63) is 95.1 Å². The first-order valence-electron chi connectivity index (χ1n) is 11.0. The van der Waals surface area contributed by atoms with Crippen molar-refractivity contribution in [1.29, 1.82) is 5.41 Å². The van der Waals surface area contributed by atoms with Crippen LogP contribution in [-0.4, -0.2) is 24.0 Å². The largest absolute Gasteiger partial charge is 0.457 e. The highest BCUT2D eigenvalue weighted by molar-refractivity contribution is 6.33. The number of aromatic nitrogens is 1. The maximum absolute atomic E-state index is 8.22. The lowest BCUT2D eigenvalue weighted by molar-refractivity contribution is -0.0440. The molecule has 0 bridgehead atoms. The highest BCUT2D eigenvalue weighted by Crippen LogP contribution is 2.40. The fraction of sp³-hybridized carbons (Fsp3) is 0.111. The Labute approximate surface area is 207 Å². The summed E-state index contributed by atoms with van der Waals surface area (Å²) in [7, 11) is 0. The first-order valence-corrected chi connectivity index (χ1v) is 11.4. The number of anilines is 1. The third-order valence-electron chi connectivity index (χ3n) is 5.64. The molecular formula is C27H23ClN4O3. The fourth-order valence-electron chi connectivity index (χ4n) is 4.03. The van der Waals surface area contributed by atoms with Crippen molar-refractivity contribution in [3.63, 3.8) is 0 Å². The van der Waals surface area contributed by atoms with Gasteiger partial charge in [-0.1, -0.05) is 48.0 Å². The number of nitrogens with zero attached hydrogens (tertiary/aromatic N) is 1. The topological polar surface area (TPSA) is 116 Å². The summed E-state index contributed by atoms with van der Waals surface area (Å²) in [6, 6.07) is 24.3. The minimum atomic E-state index is -0.439. The quantitative estimate of drug-likeness (QED) is 0.181. The van der Waals surface area contributed by atoms with Gasteiger partial charge < -0.3 is 25.7 Å². The summed E-state index contributed by atoms with van der Waals surface area (Å²) in [6.07, 6.45) is -0.439. The molecule has 1 aliphatic rings. The van der Waals surface area contributed by atoms with Crippen molar-refractivity contribution in [2.45, 2.75) is 6.29 Å². The molecule has 5 N–H and O–H groups in total. The summed E-state index contributed by atoms with van der Waals surface area (Å²) in [4.78, 5) is 4.60. The zero-order chi connectivity index (χ0) is 24.4. The Morgan fingerprint density at radius 3 is 2.29 bits per heavy atom. The lowest BCUT2D eigenvalue weighted by Gasteiger charge is -2.18. The van der Waals surface area contributed by atoms with Crippen LogP contribution in [0.5, 0.6) is 11.5 Å². The summed E-state index contributed by atoms with van der Waals surface area (Å²) in [5, 5.41) is 8.42. The van der Waals surface area contributed by atoms with E-state index in [0.29, 0.717) is 41.3 Å². The van der Waals surface area contributed by atoms with E-state index < -0.39 is 6.29 Å². The van der Waals surface area contributed by atoms with Gasteiger partial charge in [0.2, 0.25) is 0 Å². The molecule has 0 radical (unpaired) electrons. The molecule has 0 spiro atoms. The smallest absolute Gasteiger partial charge is 0.184 e. The standard InChI is InChI=1S/C27H23ClN4O3/c28-25-21(17-5-4-6-18(15-17)27-33-13-14-34-27)23(29)22(26(30)31)24(32-25)16-9-11-20(12-10-16)35-19-7-2-1-3-8-19/h1-12,15,27H,13-14H2,(H2,29,32)(H3,30,31). The maximum Gasteiger partial charge on any atom is 0.184 e. The van der Waals surface area contributed by atoms with E-state index in [1.807, 2.05) is 78.9 Å². The van der Waals surface area contributed by atoms with E-state index in [0.717, 1.165) is 16.9 Å². The number of halogens is 1. The van der Waals surface area contributed by atoms with Crippen LogP contribution < -0.4 is 16.2 Å². The maximum atomic E-state index is 8.22. The second-order valence-corrected chi connectivity index (χ2v) is 8.33. The van der Waals surface area contributed by atoms with Gasteiger partial charge in [0.15, 0.2) is 6.29 Å². The van der Waals surface area contributed by atoms with Crippen molar-refractivity contribution in [1.82, 2.24) is 4.98 Å². The summed E-state index contributed by atoms with van der Waals surface area (Å²) >= 11 is 6.66. The van der Waals surface area contributed by atoms with Crippen LogP contribution in [0.3, 0.4) is 0 Å². The Hall–Kier alpha value is -3.91. The second-order valence-electron chi connectivity index (χ2n) is 7.97. The van der Waals surface area contributed by atoms with Gasteiger partial charge in [0, 0.05) is 16.7 Å². The van der Waals surface area contributed by atoms with Gasteiger partial charge in [0.25, 0.3) is 0 Å². The van der Waals surface area contributed by atoms with E-state index in [2.05, 4.69) is 4.98 Å². The third kappa shape index (κ3) is 4.70. The van der Waals surface area contributed by atoms with Crippen LogP contribution in [0.25, 0.3) is 22.4 Å². The van der Waals surface area contributed by atoms with Crippen LogP contribution >= 0.6 is 11.6 Å². The van der Waals surface area contributed by atoms with E-state index in [1.165, 1.54) is 0 Å². The number of hydrogen-bond acceptors (Lipinski definition) is 6. The monoisotopic (exact) mass is 486 g/mol. The molecule has 7 nitrogen and oxygen atoms in total. The van der Waals surface area contributed by atoms with Gasteiger partial charge in [-0.2, -0.15) is 0 Å². The molecule has 2 heterocycles. The number of amidine groups is 1. The van der Waals surface area contributed by atoms with E-state index in [9.17, 15) is 0 Å². The SMILES string of the molecule is N=C(N)c1c(-c2ccc(Oc3ccccc3)cc2)nc(Cl)c(-c2cccc(C3OCCO3)c2)c1N. The molecule has 8 heteroatoms. The summed E-state index contributed by atoms with van der Waals surface area (Å²) in [6.45, 7) is 1.08. The predicted octanol–water partition coefficient (Wildman–Crippen LogP) is 5.77. The second kappa shape index (κ2) is 9.76. The molecule has 35 heavy (non-hydrogen) atoms.